The molecular weight excluding hydrogens is 604 g/mol. The first kappa shape index (κ1) is 39.6. The highest BCUT2D eigenvalue weighted by atomic mass is 16.5. The van der Waals surface area contributed by atoms with E-state index in [1.54, 1.807) is 80.0 Å². The van der Waals surface area contributed by atoms with Gasteiger partial charge < -0.3 is 18.9 Å². The molecule has 0 saturated carbocycles. The van der Waals surface area contributed by atoms with Crippen LogP contribution in [0.4, 0.5) is 0 Å². The number of allylic oxidation sites excluding steroid dienone is 2. The number of ether oxygens (including phenoxy) is 4. The van der Waals surface area contributed by atoms with E-state index in [0.717, 1.165) is 38.5 Å². The average Bonchev–Trinajstić information content (AvgIpc) is 3.05. The lowest BCUT2D eigenvalue weighted by Crippen LogP contribution is -2.21. The van der Waals surface area contributed by atoms with Crippen LogP contribution in [-0.4, -0.2) is 39.0 Å². The molecule has 0 aliphatic carbocycles. The number of nitriles is 2. The molecular formula is C40H52N2O6. The van der Waals surface area contributed by atoms with E-state index in [0.29, 0.717) is 47.3 Å². The van der Waals surface area contributed by atoms with Gasteiger partial charge in [0.1, 0.15) is 12.1 Å². The summed E-state index contributed by atoms with van der Waals surface area (Å²) in [7, 11) is 3.15. The van der Waals surface area contributed by atoms with E-state index in [1.165, 1.54) is 12.8 Å². The molecule has 0 spiro atoms. The highest BCUT2D eigenvalue weighted by Gasteiger charge is 2.26. The molecule has 0 saturated heterocycles. The summed E-state index contributed by atoms with van der Waals surface area (Å²) < 4.78 is 22.9. The van der Waals surface area contributed by atoms with Crippen LogP contribution < -0.4 is 18.9 Å². The topological polar surface area (TPSA) is 119 Å². The molecule has 258 valence electrons. The summed E-state index contributed by atoms with van der Waals surface area (Å²) in [5.41, 5.74) is 0.400. The van der Waals surface area contributed by atoms with Crippen LogP contribution in [0.3, 0.4) is 0 Å². The van der Waals surface area contributed by atoms with Crippen molar-refractivity contribution in [2.75, 3.05) is 27.4 Å². The second kappa shape index (κ2) is 19.3. The number of benzene rings is 2. The number of unbranched alkanes of at least 4 members (excludes halogenated alkanes) is 7. The van der Waals surface area contributed by atoms with Gasteiger partial charge in [-0.3, -0.25) is 9.59 Å². The van der Waals surface area contributed by atoms with Crippen molar-refractivity contribution in [2.45, 2.75) is 92.9 Å². The minimum atomic E-state index is -0.629. The number of nitrogens with zero attached hydrogens (tertiary/aromatic N) is 2. The third-order valence-corrected chi connectivity index (χ3v) is 7.64. The third kappa shape index (κ3) is 12.9. The Bertz CT molecular complexity index is 1410. The molecule has 2 rings (SSSR count). The van der Waals surface area contributed by atoms with Crippen LogP contribution in [0.25, 0.3) is 12.2 Å². The molecule has 0 N–H and O–H groups in total. The standard InChI is InChI=1S/C40H52N2O6/c1-39(2,3)37(43)31(27-41)23-29-17-19-33(35(25-29)45-7)47-21-15-13-11-9-10-12-14-16-22-48-34-20-18-30(26-36(34)46-8)24-32(28-42)38(44)40(4,5)6/h17-20,23-26H,9-16,21-22H2,1-8H3. The molecule has 0 aromatic heterocycles. The Kier molecular flexibility index (Phi) is 15.9. The highest BCUT2D eigenvalue weighted by molar-refractivity contribution is 6.06. The largest absolute Gasteiger partial charge is 0.493 e. The minimum Gasteiger partial charge on any atom is -0.493 e. The zero-order valence-corrected chi connectivity index (χ0v) is 30.0. The van der Waals surface area contributed by atoms with Gasteiger partial charge in [-0.2, -0.15) is 10.5 Å². The summed E-state index contributed by atoms with van der Waals surface area (Å²) in [6.07, 6.45) is 11.9. The first-order valence-corrected chi connectivity index (χ1v) is 16.7. The van der Waals surface area contributed by atoms with E-state index < -0.39 is 10.8 Å². The van der Waals surface area contributed by atoms with E-state index in [-0.39, 0.29) is 22.7 Å². The molecule has 48 heavy (non-hydrogen) atoms. The lowest BCUT2D eigenvalue weighted by molar-refractivity contribution is -0.122. The smallest absolute Gasteiger partial charge is 0.178 e. The predicted octanol–water partition coefficient (Wildman–Crippen LogP) is 9.33. The number of carbonyl (C=O) groups excluding carboxylic acids is 2. The van der Waals surface area contributed by atoms with Crippen LogP contribution in [0.1, 0.15) is 104 Å². The van der Waals surface area contributed by atoms with Crippen molar-refractivity contribution in [3.8, 4) is 35.1 Å². The molecule has 0 amide bonds. The van der Waals surface area contributed by atoms with Gasteiger partial charge in [0.05, 0.1) is 38.6 Å². The Balaban J connectivity index is 1.67. The molecule has 8 nitrogen and oxygen atoms in total. The van der Waals surface area contributed by atoms with Gasteiger partial charge in [-0.25, -0.2) is 0 Å². The Morgan fingerprint density at radius 1 is 0.583 bits per heavy atom. The second-order valence-electron chi connectivity index (χ2n) is 13.8. The fraction of sp³-hybridized carbons (Fsp3) is 0.500. The normalized spacial score (nSPS) is 12.1. The number of methoxy groups -OCH3 is 2. The molecule has 0 aliphatic rings. The zero-order chi connectivity index (χ0) is 35.7. The van der Waals surface area contributed by atoms with Crippen molar-refractivity contribution in [1.82, 2.24) is 0 Å². The Morgan fingerprint density at radius 2 is 0.917 bits per heavy atom. The lowest BCUT2D eigenvalue weighted by atomic mass is 9.86. The molecule has 0 unspecified atom stereocenters. The van der Waals surface area contributed by atoms with Crippen LogP contribution in [0.2, 0.25) is 0 Å². The van der Waals surface area contributed by atoms with Crippen LogP contribution in [-0.2, 0) is 9.59 Å². The Hall–Kier alpha value is -4.56. The fourth-order valence-electron chi connectivity index (χ4n) is 4.85. The van der Waals surface area contributed by atoms with Crippen molar-refractivity contribution in [3.05, 3.63) is 58.7 Å². The third-order valence-electron chi connectivity index (χ3n) is 7.64. The monoisotopic (exact) mass is 656 g/mol. The van der Waals surface area contributed by atoms with Crippen molar-refractivity contribution >= 4 is 23.7 Å². The first-order valence-electron chi connectivity index (χ1n) is 16.7. The number of Topliss-reactive ketones (excluding diaryl/α,β-unsaturated/α-hetero) is 2. The van der Waals surface area contributed by atoms with Gasteiger partial charge in [-0.1, -0.05) is 92.2 Å². The van der Waals surface area contributed by atoms with Crippen LogP contribution in [0, 0.1) is 33.5 Å². The van der Waals surface area contributed by atoms with Crippen molar-refractivity contribution in [3.63, 3.8) is 0 Å². The zero-order valence-electron chi connectivity index (χ0n) is 30.0. The van der Waals surface area contributed by atoms with Gasteiger partial charge in [0.15, 0.2) is 34.6 Å². The number of rotatable bonds is 19. The van der Waals surface area contributed by atoms with E-state index in [9.17, 15) is 20.1 Å². The lowest BCUT2D eigenvalue weighted by Gasteiger charge is -2.15. The molecule has 0 atom stereocenters. The van der Waals surface area contributed by atoms with Gasteiger partial charge in [-0.15, -0.1) is 0 Å². The number of hydrogen-bond donors (Lipinski definition) is 0. The molecule has 0 fully saturated rings. The summed E-state index contributed by atoms with van der Waals surface area (Å²) in [5.74, 6) is 2.03. The SMILES string of the molecule is COc1cc(C=C(C#N)C(=O)C(C)(C)C)ccc1OCCCCCCCCCCOc1ccc(C=C(C#N)C(=O)C(C)(C)C)cc1OC. The van der Waals surface area contributed by atoms with Crippen LogP contribution in [0.15, 0.2) is 47.5 Å². The van der Waals surface area contributed by atoms with Crippen molar-refractivity contribution < 1.29 is 28.5 Å². The van der Waals surface area contributed by atoms with Gasteiger partial charge in [0.2, 0.25) is 0 Å². The molecule has 8 heteroatoms. The van der Waals surface area contributed by atoms with E-state index in [2.05, 4.69) is 0 Å². The van der Waals surface area contributed by atoms with Gasteiger partial charge in [0.25, 0.3) is 0 Å². The van der Waals surface area contributed by atoms with Gasteiger partial charge in [0, 0.05) is 10.8 Å². The summed E-state index contributed by atoms with van der Waals surface area (Å²) in [6, 6.07) is 14.9. The highest BCUT2D eigenvalue weighted by Crippen LogP contribution is 2.31. The maximum Gasteiger partial charge on any atom is 0.178 e. The van der Waals surface area contributed by atoms with E-state index in [1.807, 2.05) is 36.4 Å². The Morgan fingerprint density at radius 3 is 1.21 bits per heavy atom. The molecule has 0 bridgehead atoms. The number of carbonyl (C=O) groups is 2. The minimum absolute atomic E-state index is 0.117. The molecule has 0 aliphatic heterocycles. The quantitative estimate of drug-likeness (QED) is 0.0834. The summed E-state index contributed by atoms with van der Waals surface area (Å²) in [6.45, 7) is 12.0. The summed E-state index contributed by atoms with van der Waals surface area (Å²) in [4.78, 5) is 25.0. The maximum atomic E-state index is 12.5. The van der Waals surface area contributed by atoms with Crippen LogP contribution in [0.5, 0.6) is 23.0 Å². The predicted molar refractivity (Wildman–Crippen MR) is 190 cm³/mol. The van der Waals surface area contributed by atoms with Gasteiger partial charge >= 0.3 is 0 Å². The van der Waals surface area contributed by atoms with Crippen molar-refractivity contribution in [2.24, 2.45) is 10.8 Å². The van der Waals surface area contributed by atoms with E-state index >= 15 is 0 Å². The molecule has 0 radical (unpaired) electrons. The molecule has 0 heterocycles. The second-order valence-corrected chi connectivity index (χ2v) is 13.8. The first-order chi connectivity index (χ1) is 22.7. The van der Waals surface area contributed by atoms with Crippen molar-refractivity contribution in [1.29, 1.82) is 10.5 Å². The van der Waals surface area contributed by atoms with Gasteiger partial charge in [-0.05, 0) is 60.4 Å². The number of ketones is 2. The van der Waals surface area contributed by atoms with Crippen LogP contribution >= 0.6 is 0 Å². The summed E-state index contributed by atoms with van der Waals surface area (Å²) in [5, 5.41) is 18.9. The Labute approximate surface area is 287 Å². The maximum absolute atomic E-state index is 12.5. The number of hydrogen-bond acceptors (Lipinski definition) is 8. The van der Waals surface area contributed by atoms with E-state index in [4.69, 9.17) is 18.9 Å². The average molecular weight is 657 g/mol. The molecule has 2 aromatic rings. The summed E-state index contributed by atoms with van der Waals surface area (Å²) >= 11 is 0. The molecule has 2 aromatic carbocycles. The fourth-order valence-corrected chi connectivity index (χ4v) is 4.85.